The third-order valence-corrected chi connectivity index (χ3v) is 8.13. The molecule has 2 atom stereocenters. The molecule has 39 heavy (non-hydrogen) atoms. The first-order valence-electron chi connectivity index (χ1n) is 13.3. The molecule has 0 radical (unpaired) electrons. The Morgan fingerprint density at radius 3 is 2.28 bits per heavy atom. The van der Waals surface area contributed by atoms with Crippen molar-refractivity contribution < 1.29 is 22.7 Å². The van der Waals surface area contributed by atoms with E-state index in [0.29, 0.717) is 36.6 Å². The quantitative estimate of drug-likeness (QED) is 0.297. The van der Waals surface area contributed by atoms with Crippen molar-refractivity contribution in [1.82, 2.24) is 4.98 Å². The minimum atomic E-state index is -3.79. The highest BCUT2D eigenvalue weighted by atomic mass is 32.2. The Labute approximate surface area is 229 Å². The summed E-state index contributed by atoms with van der Waals surface area (Å²) in [6, 6.07) is 24.3. The first-order chi connectivity index (χ1) is 18.6. The van der Waals surface area contributed by atoms with Crippen molar-refractivity contribution in [2.75, 3.05) is 0 Å². The number of rotatable bonds is 8. The van der Waals surface area contributed by atoms with Crippen molar-refractivity contribution in [3.63, 3.8) is 0 Å². The first kappa shape index (κ1) is 27.3. The van der Waals surface area contributed by atoms with Crippen LogP contribution in [0, 0.1) is 0 Å². The van der Waals surface area contributed by atoms with Gasteiger partial charge in [-0.05, 0) is 62.1 Å². The van der Waals surface area contributed by atoms with E-state index in [1.165, 1.54) is 12.1 Å². The molecule has 2 heterocycles. The number of oxazole rings is 1. The van der Waals surface area contributed by atoms with Crippen LogP contribution in [-0.4, -0.2) is 30.7 Å². The monoisotopic (exact) mass is 546 g/mol. The summed E-state index contributed by atoms with van der Waals surface area (Å²) in [7, 11) is -3.79. The molecule has 1 fully saturated rings. The number of sulfonamides is 1. The number of hydrogen-bond acceptors (Lipinski definition) is 6. The fourth-order valence-corrected chi connectivity index (χ4v) is 5.99. The molecule has 1 aliphatic heterocycles. The summed E-state index contributed by atoms with van der Waals surface area (Å²) in [5.74, 6) is 1.20. The Bertz CT molecular complexity index is 1520. The molecule has 8 heteroatoms. The Balaban J connectivity index is 1.34. The number of ether oxygens (including phenoxy) is 1. The maximum Gasteiger partial charge on any atom is 0.238 e. The molecule has 3 N–H and O–H groups in total. The van der Waals surface area contributed by atoms with Crippen molar-refractivity contribution in [3.8, 4) is 22.6 Å². The molecule has 0 amide bonds. The topological polar surface area (TPSA) is 116 Å². The third kappa shape index (κ3) is 6.31. The van der Waals surface area contributed by atoms with Crippen LogP contribution in [0.2, 0.25) is 0 Å². The highest BCUT2D eigenvalue weighted by Gasteiger charge is 2.38. The number of aliphatic hydroxyl groups is 1. The number of nitrogens with two attached hydrogens (primary N) is 1. The SMILES string of the molecule is CC1CC(O)(c2cccc(CCCc3nc(-c4ccccc4)c(-c4ccc(S(N)(=O)=O)cc4)o3)c2)CC(C)O1. The van der Waals surface area contributed by atoms with Crippen LogP contribution in [0.15, 0.2) is 88.2 Å². The van der Waals surface area contributed by atoms with E-state index in [1.807, 2.05) is 56.3 Å². The van der Waals surface area contributed by atoms with Gasteiger partial charge in [0.2, 0.25) is 10.0 Å². The lowest BCUT2D eigenvalue weighted by Crippen LogP contribution is -2.41. The zero-order chi connectivity index (χ0) is 27.6. The van der Waals surface area contributed by atoms with Gasteiger partial charge in [-0.25, -0.2) is 18.5 Å². The summed E-state index contributed by atoms with van der Waals surface area (Å²) in [5.41, 5.74) is 3.56. The van der Waals surface area contributed by atoms with E-state index in [2.05, 4.69) is 12.1 Å². The molecule has 4 aromatic rings. The van der Waals surface area contributed by atoms with Gasteiger partial charge in [-0.15, -0.1) is 0 Å². The van der Waals surface area contributed by atoms with E-state index in [9.17, 15) is 13.5 Å². The van der Waals surface area contributed by atoms with Crippen LogP contribution in [-0.2, 0) is 33.2 Å². The zero-order valence-electron chi connectivity index (χ0n) is 22.2. The summed E-state index contributed by atoms with van der Waals surface area (Å²) in [5, 5.41) is 16.6. The molecule has 0 bridgehead atoms. The second-order valence-electron chi connectivity index (χ2n) is 10.5. The smallest absolute Gasteiger partial charge is 0.238 e. The number of hydrogen-bond donors (Lipinski definition) is 2. The number of nitrogens with zero attached hydrogens (tertiary/aromatic N) is 1. The molecule has 1 aliphatic rings. The van der Waals surface area contributed by atoms with Gasteiger partial charge in [0.1, 0.15) is 5.69 Å². The minimum Gasteiger partial charge on any atom is -0.440 e. The van der Waals surface area contributed by atoms with E-state index < -0.39 is 15.6 Å². The largest absolute Gasteiger partial charge is 0.440 e. The number of benzene rings is 3. The van der Waals surface area contributed by atoms with Gasteiger partial charge in [-0.1, -0.05) is 54.6 Å². The van der Waals surface area contributed by atoms with Crippen LogP contribution >= 0.6 is 0 Å². The van der Waals surface area contributed by atoms with Crippen LogP contribution in [0.3, 0.4) is 0 Å². The number of aryl methyl sites for hydroxylation is 2. The fraction of sp³-hybridized carbons (Fsp3) is 0.323. The van der Waals surface area contributed by atoms with Crippen LogP contribution in [0.25, 0.3) is 22.6 Å². The molecular weight excluding hydrogens is 512 g/mol. The molecule has 2 unspecified atom stereocenters. The van der Waals surface area contributed by atoms with Crippen molar-refractivity contribution in [1.29, 1.82) is 0 Å². The maximum absolute atomic E-state index is 11.7. The number of aromatic nitrogens is 1. The highest BCUT2D eigenvalue weighted by Crippen LogP contribution is 2.38. The van der Waals surface area contributed by atoms with Crippen molar-refractivity contribution in [3.05, 3.63) is 95.9 Å². The lowest BCUT2D eigenvalue weighted by atomic mass is 9.81. The molecule has 1 saturated heterocycles. The minimum absolute atomic E-state index is 0.0105. The third-order valence-electron chi connectivity index (χ3n) is 7.20. The molecule has 0 aliphatic carbocycles. The first-order valence-corrected chi connectivity index (χ1v) is 14.8. The van der Waals surface area contributed by atoms with Crippen LogP contribution < -0.4 is 5.14 Å². The Hall–Kier alpha value is -3.30. The average Bonchev–Trinajstić information content (AvgIpc) is 3.32. The Kier molecular flexibility index (Phi) is 7.73. The van der Waals surface area contributed by atoms with E-state index in [0.717, 1.165) is 35.1 Å². The van der Waals surface area contributed by atoms with Crippen LogP contribution in [0.1, 0.15) is 50.1 Å². The Morgan fingerprint density at radius 1 is 0.923 bits per heavy atom. The molecule has 0 spiro atoms. The summed E-state index contributed by atoms with van der Waals surface area (Å²) < 4.78 is 35.4. The lowest BCUT2D eigenvalue weighted by Gasteiger charge is -2.39. The molecule has 7 nitrogen and oxygen atoms in total. The molecular formula is C31H34N2O5S. The predicted molar refractivity (Wildman–Crippen MR) is 150 cm³/mol. The van der Waals surface area contributed by atoms with Gasteiger partial charge < -0.3 is 14.3 Å². The highest BCUT2D eigenvalue weighted by molar-refractivity contribution is 7.89. The van der Waals surface area contributed by atoms with Gasteiger partial charge >= 0.3 is 0 Å². The average molecular weight is 547 g/mol. The fourth-order valence-electron chi connectivity index (χ4n) is 5.48. The van der Waals surface area contributed by atoms with Gasteiger partial charge in [-0.3, -0.25) is 0 Å². The molecule has 5 rings (SSSR count). The van der Waals surface area contributed by atoms with Gasteiger partial charge in [0.15, 0.2) is 11.7 Å². The molecule has 3 aromatic carbocycles. The summed E-state index contributed by atoms with van der Waals surface area (Å²) in [6.45, 7) is 4.01. The maximum atomic E-state index is 11.7. The van der Waals surface area contributed by atoms with Crippen molar-refractivity contribution in [2.24, 2.45) is 5.14 Å². The lowest BCUT2D eigenvalue weighted by molar-refractivity contribution is -0.135. The molecule has 204 valence electrons. The van der Waals surface area contributed by atoms with E-state index >= 15 is 0 Å². The number of primary sulfonamides is 1. The van der Waals surface area contributed by atoms with Gasteiger partial charge in [0, 0.05) is 30.4 Å². The van der Waals surface area contributed by atoms with Crippen molar-refractivity contribution in [2.45, 2.75) is 68.7 Å². The van der Waals surface area contributed by atoms with Gasteiger partial charge in [0.25, 0.3) is 0 Å². The van der Waals surface area contributed by atoms with Gasteiger partial charge in [-0.2, -0.15) is 0 Å². The second-order valence-corrected chi connectivity index (χ2v) is 12.0. The van der Waals surface area contributed by atoms with E-state index in [-0.39, 0.29) is 17.1 Å². The van der Waals surface area contributed by atoms with E-state index in [1.54, 1.807) is 12.1 Å². The summed E-state index contributed by atoms with van der Waals surface area (Å²) in [4.78, 5) is 4.86. The normalized spacial score (nSPS) is 21.6. The van der Waals surface area contributed by atoms with Crippen LogP contribution in [0.4, 0.5) is 0 Å². The summed E-state index contributed by atoms with van der Waals surface area (Å²) >= 11 is 0. The predicted octanol–water partition coefficient (Wildman–Crippen LogP) is 5.61. The van der Waals surface area contributed by atoms with Crippen molar-refractivity contribution >= 4 is 10.0 Å². The van der Waals surface area contributed by atoms with E-state index in [4.69, 9.17) is 19.3 Å². The van der Waals surface area contributed by atoms with Gasteiger partial charge in [0.05, 0.1) is 22.7 Å². The summed E-state index contributed by atoms with van der Waals surface area (Å²) in [6.07, 6.45) is 3.45. The molecule has 1 aromatic heterocycles. The van der Waals surface area contributed by atoms with Crippen LogP contribution in [0.5, 0.6) is 0 Å². The molecule has 0 saturated carbocycles. The Morgan fingerprint density at radius 2 is 1.62 bits per heavy atom. The standard InChI is InChI=1S/C31H34N2O5S/c1-21-19-31(34,20-22(2)37-21)26-12-6-8-23(18-26)9-7-13-28-33-29(24-10-4-3-5-11-24)30(38-28)25-14-16-27(17-15-25)39(32,35)36/h3-6,8,10-12,14-18,21-22,34H,7,9,13,19-20H2,1-2H3,(H2,32,35,36). The zero-order valence-corrected chi connectivity index (χ0v) is 23.0. The second kappa shape index (κ2) is 11.1.